The largest absolute Gasteiger partial charge is 0.323 e. The number of hydrogen-bond acceptors (Lipinski definition) is 4. The Morgan fingerprint density at radius 1 is 1.33 bits per heavy atom. The predicted molar refractivity (Wildman–Crippen MR) is 99.6 cm³/mol. The topological polar surface area (TPSA) is 52.7 Å². The molecule has 0 spiro atoms. The van der Waals surface area contributed by atoms with Crippen LogP contribution >= 0.6 is 11.8 Å². The van der Waals surface area contributed by atoms with E-state index in [4.69, 9.17) is 0 Å². The van der Waals surface area contributed by atoms with Gasteiger partial charge in [0.15, 0.2) is 0 Å². The molecule has 2 atom stereocenters. The summed E-state index contributed by atoms with van der Waals surface area (Å²) in [5.74, 6) is -0.119. The number of benzene rings is 1. The Morgan fingerprint density at radius 3 is 2.92 bits per heavy atom. The molecule has 2 amide bonds. The molecule has 1 aromatic carbocycles. The van der Waals surface area contributed by atoms with Gasteiger partial charge in [-0.05, 0) is 44.7 Å². The molecular weight excluding hydrogens is 322 g/mol. The number of likely N-dealkylation sites (tertiary alicyclic amines) is 1. The molecule has 24 heavy (non-hydrogen) atoms. The molecule has 2 heterocycles. The zero-order valence-corrected chi connectivity index (χ0v) is 15.1. The molecule has 2 aliphatic rings. The lowest BCUT2D eigenvalue weighted by Crippen LogP contribution is -2.52. The molecule has 2 aliphatic heterocycles. The highest BCUT2D eigenvalue weighted by Gasteiger charge is 2.33. The average Bonchev–Trinajstić information content (AvgIpc) is 2.85. The zero-order valence-electron chi connectivity index (χ0n) is 14.3. The molecule has 0 radical (unpaired) electrons. The number of rotatable bonds is 3. The van der Waals surface area contributed by atoms with Crippen molar-refractivity contribution in [2.75, 3.05) is 36.1 Å². The number of thioether (sulfide) groups is 1. The third-order valence-corrected chi connectivity index (χ3v) is 5.99. The first-order chi connectivity index (χ1) is 11.6. The molecule has 5 nitrogen and oxygen atoms in total. The van der Waals surface area contributed by atoms with Crippen LogP contribution < -0.4 is 10.2 Å². The Bertz CT molecular complexity index is 622. The van der Waals surface area contributed by atoms with Crippen molar-refractivity contribution in [1.29, 1.82) is 0 Å². The fourth-order valence-corrected chi connectivity index (χ4v) is 4.23. The molecule has 130 valence electrons. The van der Waals surface area contributed by atoms with Crippen molar-refractivity contribution in [3.05, 3.63) is 24.3 Å². The van der Waals surface area contributed by atoms with Crippen LogP contribution in [0.3, 0.4) is 0 Å². The fraction of sp³-hybridized carbons (Fsp3) is 0.556. The summed E-state index contributed by atoms with van der Waals surface area (Å²) < 4.78 is 0. The number of carbonyl (C=O) groups excluding carboxylic acids is 2. The monoisotopic (exact) mass is 347 g/mol. The lowest BCUT2D eigenvalue weighted by molar-refractivity contribution is -0.125. The Kier molecular flexibility index (Phi) is 5.46. The summed E-state index contributed by atoms with van der Waals surface area (Å²) in [5, 5.41) is 3.42. The molecular formula is C18H25N3O2S. The zero-order chi connectivity index (χ0) is 17.1. The molecule has 0 bridgehead atoms. The number of hydrogen-bond donors (Lipinski definition) is 1. The van der Waals surface area contributed by atoms with Crippen LogP contribution in [0.15, 0.2) is 24.3 Å². The standard InChI is InChI=1S/C18H25N3O2S/c1-13(20-10-6-5-7-14(11-20)24-2)18(23)21-12-17(22)19-15-8-3-4-9-16(15)21/h3-4,8-9,13-14H,5-7,10-12H2,1-2H3,(H,19,22). The fourth-order valence-electron chi connectivity index (χ4n) is 3.49. The summed E-state index contributed by atoms with van der Waals surface area (Å²) in [5.41, 5.74) is 1.51. The number of carbonyl (C=O) groups is 2. The minimum atomic E-state index is -0.211. The summed E-state index contributed by atoms with van der Waals surface area (Å²) >= 11 is 1.89. The molecule has 1 saturated heterocycles. The van der Waals surface area contributed by atoms with Gasteiger partial charge >= 0.3 is 0 Å². The van der Waals surface area contributed by atoms with E-state index in [0.29, 0.717) is 10.9 Å². The van der Waals surface area contributed by atoms with Crippen molar-refractivity contribution >= 4 is 35.0 Å². The van der Waals surface area contributed by atoms with E-state index in [9.17, 15) is 9.59 Å². The van der Waals surface area contributed by atoms with Gasteiger partial charge in [0.2, 0.25) is 11.8 Å². The SMILES string of the molecule is CSC1CCCCN(C(C)C(=O)N2CC(=O)Nc3ccccc32)C1. The van der Waals surface area contributed by atoms with Crippen LogP contribution in [0.2, 0.25) is 0 Å². The Hall–Kier alpha value is -1.53. The quantitative estimate of drug-likeness (QED) is 0.913. The van der Waals surface area contributed by atoms with E-state index in [-0.39, 0.29) is 24.4 Å². The van der Waals surface area contributed by atoms with E-state index in [2.05, 4.69) is 16.5 Å². The molecule has 1 aromatic rings. The minimum Gasteiger partial charge on any atom is -0.323 e. The Balaban J connectivity index is 1.79. The molecule has 6 heteroatoms. The number of fused-ring (bicyclic) bond motifs is 1. The van der Waals surface area contributed by atoms with E-state index >= 15 is 0 Å². The van der Waals surface area contributed by atoms with E-state index in [1.165, 1.54) is 12.8 Å². The van der Waals surface area contributed by atoms with Crippen LogP contribution in [0.1, 0.15) is 26.2 Å². The maximum atomic E-state index is 13.1. The van der Waals surface area contributed by atoms with Gasteiger partial charge in [-0.2, -0.15) is 11.8 Å². The van der Waals surface area contributed by atoms with Crippen LogP contribution in [0.5, 0.6) is 0 Å². The van der Waals surface area contributed by atoms with Gasteiger partial charge in [0, 0.05) is 11.8 Å². The van der Waals surface area contributed by atoms with Crippen molar-refractivity contribution < 1.29 is 9.59 Å². The summed E-state index contributed by atoms with van der Waals surface area (Å²) in [6, 6.07) is 7.29. The summed E-state index contributed by atoms with van der Waals surface area (Å²) in [6.07, 6.45) is 5.71. The lowest BCUT2D eigenvalue weighted by atomic mass is 10.1. The first kappa shape index (κ1) is 17.3. The van der Waals surface area contributed by atoms with Gasteiger partial charge in [-0.3, -0.25) is 19.4 Å². The smallest absolute Gasteiger partial charge is 0.244 e. The van der Waals surface area contributed by atoms with E-state index < -0.39 is 0 Å². The van der Waals surface area contributed by atoms with E-state index in [1.54, 1.807) is 4.90 Å². The highest BCUT2D eigenvalue weighted by atomic mass is 32.2. The van der Waals surface area contributed by atoms with Crippen LogP contribution in [0.4, 0.5) is 11.4 Å². The Labute approximate surface area is 147 Å². The predicted octanol–water partition coefficient (Wildman–Crippen LogP) is 2.58. The lowest BCUT2D eigenvalue weighted by Gasteiger charge is -2.35. The van der Waals surface area contributed by atoms with Crippen LogP contribution in [0.25, 0.3) is 0 Å². The minimum absolute atomic E-state index is 0.0130. The van der Waals surface area contributed by atoms with Crippen molar-refractivity contribution in [1.82, 2.24) is 4.90 Å². The number of nitrogens with one attached hydrogen (secondary N) is 1. The van der Waals surface area contributed by atoms with Gasteiger partial charge in [0.1, 0.15) is 6.54 Å². The van der Waals surface area contributed by atoms with Crippen LogP contribution in [-0.4, -0.2) is 53.9 Å². The molecule has 0 saturated carbocycles. The molecule has 1 N–H and O–H groups in total. The first-order valence-electron chi connectivity index (χ1n) is 8.57. The normalized spacial score (nSPS) is 23.2. The molecule has 3 rings (SSSR count). The van der Waals surface area contributed by atoms with E-state index in [1.807, 2.05) is 43.0 Å². The average molecular weight is 347 g/mol. The van der Waals surface area contributed by atoms with Gasteiger partial charge in [0.05, 0.1) is 17.4 Å². The maximum Gasteiger partial charge on any atom is 0.244 e. The van der Waals surface area contributed by atoms with Gasteiger partial charge < -0.3 is 5.32 Å². The van der Waals surface area contributed by atoms with Crippen molar-refractivity contribution in [3.63, 3.8) is 0 Å². The van der Waals surface area contributed by atoms with Crippen molar-refractivity contribution in [3.8, 4) is 0 Å². The second-order valence-electron chi connectivity index (χ2n) is 6.51. The maximum absolute atomic E-state index is 13.1. The van der Waals surface area contributed by atoms with E-state index in [0.717, 1.165) is 25.2 Å². The second-order valence-corrected chi connectivity index (χ2v) is 7.65. The number of anilines is 2. The summed E-state index contributed by atoms with van der Waals surface area (Å²) in [7, 11) is 0. The number of nitrogens with zero attached hydrogens (tertiary/aromatic N) is 2. The van der Waals surface area contributed by atoms with Gasteiger partial charge in [-0.25, -0.2) is 0 Å². The summed E-state index contributed by atoms with van der Waals surface area (Å²) in [4.78, 5) is 29.0. The third-order valence-electron chi connectivity index (χ3n) is 4.93. The number of para-hydroxylation sites is 2. The Morgan fingerprint density at radius 2 is 2.12 bits per heavy atom. The van der Waals surface area contributed by atoms with Crippen LogP contribution in [0, 0.1) is 0 Å². The highest BCUT2D eigenvalue weighted by molar-refractivity contribution is 7.99. The van der Waals surface area contributed by atoms with Crippen molar-refractivity contribution in [2.45, 2.75) is 37.5 Å². The first-order valence-corrected chi connectivity index (χ1v) is 9.86. The highest BCUT2D eigenvalue weighted by Crippen LogP contribution is 2.30. The third kappa shape index (κ3) is 3.59. The van der Waals surface area contributed by atoms with Gasteiger partial charge in [0.25, 0.3) is 0 Å². The number of amides is 2. The molecule has 2 unspecified atom stereocenters. The second kappa shape index (κ2) is 7.57. The molecule has 1 fully saturated rings. The molecule has 0 aliphatic carbocycles. The molecule has 0 aromatic heterocycles. The van der Waals surface area contributed by atoms with Crippen LogP contribution in [-0.2, 0) is 9.59 Å². The van der Waals surface area contributed by atoms with Gasteiger partial charge in [-0.1, -0.05) is 18.6 Å². The van der Waals surface area contributed by atoms with Crippen molar-refractivity contribution in [2.24, 2.45) is 0 Å². The summed E-state index contributed by atoms with van der Waals surface area (Å²) in [6.45, 7) is 3.96. The van der Waals surface area contributed by atoms with Gasteiger partial charge in [-0.15, -0.1) is 0 Å².